The lowest BCUT2D eigenvalue weighted by Gasteiger charge is -2.34. The number of nitrogens with zero attached hydrogens (tertiary/aromatic N) is 1. The highest BCUT2D eigenvalue weighted by Gasteiger charge is 2.37. The number of primary amides is 1. The first kappa shape index (κ1) is 30.1. The van der Waals surface area contributed by atoms with Crippen LogP contribution in [0.15, 0.2) is 42.5 Å². The summed E-state index contributed by atoms with van der Waals surface area (Å²) in [6, 6.07) is 9.98. The molecule has 206 valence electrons. The van der Waals surface area contributed by atoms with Gasteiger partial charge in [0.1, 0.15) is 23.4 Å². The van der Waals surface area contributed by atoms with Crippen LogP contribution in [0.2, 0.25) is 0 Å². The molecule has 2 aromatic rings. The maximum atomic E-state index is 13.8. The van der Waals surface area contributed by atoms with Gasteiger partial charge in [-0.3, -0.25) is 14.4 Å². The Morgan fingerprint density at radius 1 is 1.00 bits per heavy atom. The number of rotatable bonds is 10. The van der Waals surface area contributed by atoms with Crippen LogP contribution in [-0.2, 0) is 19.1 Å². The number of hydrogen-bond acceptors (Lipinski definition) is 6. The van der Waals surface area contributed by atoms with E-state index in [2.05, 4.69) is 10.6 Å². The van der Waals surface area contributed by atoms with Crippen LogP contribution in [-0.4, -0.2) is 54.0 Å². The Kier molecular flexibility index (Phi) is 10.3. The molecule has 10 nitrogen and oxygen atoms in total. The highest BCUT2D eigenvalue weighted by Crippen LogP contribution is 2.30. The third kappa shape index (κ3) is 8.22. The molecular formula is C28H38N4O6. The fraction of sp³-hybridized carbons (Fsp3) is 0.429. The highest BCUT2D eigenvalue weighted by atomic mass is 16.6. The van der Waals surface area contributed by atoms with Gasteiger partial charge in [0, 0.05) is 12.2 Å². The van der Waals surface area contributed by atoms with E-state index in [0.717, 1.165) is 11.1 Å². The maximum Gasteiger partial charge on any atom is 0.408 e. The number of ether oxygens (including phenoxy) is 2. The number of hydrogen-bond donors (Lipinski definition) is 3. The van der Waals surface area contributed by atoms with Gasteiger partial charge in [-0.1, -0.05) is 18.2 Å². The van der Waals surface area contributed by atoms with Gasteiger partial charge in [0.2, 0.25) is 11.8 Å². The van der Waals surface area contributed by atoms with Crippen LogP contribution in [0, 0.1) is 13.8 Å². The number of likely N-dealkylation sites (N-methyl/N-ethyl adjacent to an activating group) is 1. The zero-order valence-corrected chi connectivity index (χ0v) is 23.1. The molecule has 2 aromatic carbocycles. The number of benzene rings is 2. The van der Waals surface area contributed by atoms with Gasteiger partial charge < -0.3 is 30.7 Å². The Labute approximate surface area is 223 Å². The van der Waals surface area contributed by atoms with Crippen molar-refractivity contribution in [3.63, 3.8) is 0 Å². The standard InChI is InChI=1S/C28H38N4O6/c1-8-32(26(35)21(16-22(29)33)31-27(36)38-28(4,5)6)24(23-17(2)10-9-11-18(23)3)25(34)30-19-12-14-20(37-7)15-13-19/h9-15,21,24H,8,16H2,1-7H3,(H2,29,33)(H,30,34)(H,31,36). The third-order valence-electron chi connectivity index (χ3n) is 5.75. The van der Waals surface area contributed by atoms with E-state index < -0.39 is 47.9 Å². The lowest BCUT2D eigenvalue weighted by molar-refractivity contribution is -0.141. The van der Waals surface area contributed by atoms with E-state index in [1.807, 2.05) is 32.0 Å². The lowest BCUT2D eigenvalue weighted by Crippen LogP contribution is -2.53. The first-order valence-corrected chi connectivity index (χ1v) is 12.4. The number of amides is 4. The average Bonchev–Trinajstić information content (AvgIpc) is 2.81. The number of nitrogens with one attached hydrogen (secondary N) is 2. The number of alkyl carbamates (subject to hydrolysis) is 1. The normalized spacial score (nSPS) is 12.6. The topological polar surface area (TPSA) is 140 Å². The van der Waals surface area contributed by atoms with E-state index in [1.165, 1.54) is 4.90 Å². The second-order valence-corrected chi connectivity index (χ2v) is 9.92. The molecule has 10 heteroatoms. The van der Waals surface area contributed by atoms with E-state index >= 15 is 0 Å². The summed E-state index contributed by atoms with van der Waals surface area (Å²) >= 11 is 0. The zero-order valence-electron chi connectivity index (χ0n) is 23.1. The van der Waals surface area contributed by atoms with Crippen LogP contribution in [0.4, 0.5) is 10.5 Å². The molecule has 0 aliphatic heterocycles. The van der Waals surface area contributed by atoms with Crippen molar-refractivity contribution in [1.82, 2.24) is 10.2 Å². The smallest absolute Gasteiger partial charge is 0.408 e. The van der Waals surface area contributed by atoms with Crippen LogP contribution in [0.5, 0.6) is 5.75 Å². The Hall–Kier alpha value is -4.08. The predicted octanol–water partition coefficient (Wildman–Crippen LogP) is 3.61. The number of carbonyl (C=O) groups is 4. The van der Waals surface area contributed by atoms with Gasteiger partial charge in [0.25, 0.3) is 5.91 Å². The molecule has 0 aromatic heterocycles. The minimum absolute atomic E-state index is 0.110. The number of nitrogens with two attached hydrogens (primary N) is 1. The summed E-state index contributed by atoms with van der Waals surface area (Å²) < 4.78 is 10.5. The minimum Gasteiger partial charge on any atom is -0.497 e. The van der Waals surface area contributed by atoms with Gasteiger partial charge in [-0.2, -0.15) is 0 Å². The summed E-state index contributed by atoms with van der Waals surface area (Å²) in [4.78, 5) is 53.3. The lowest BCUT2D eigenvalue weighted by atomic mass is 9.93. The molecule has 38 heavy (non-hydrogen) atoms. The maximum absolute atomic E-state index is 13.8. The van der Waals surface area contributed by atoms with E-state index in [4.69, 9.17) is 15.2 Å². The minimum atomic E-state index is -1.33. The predicted molar refractivity (Wildman–Crippen MR) is 145 cm³/mol. The monoisotopic (exact) mass is 526 g/mol. The summed E-state index contributed by atoms with van der Waals surface area (Å²) in [7, 11) is 1.54. The molecule has 0 spiro atoms. The Morgan fingerprint density at radius 2 is 1.58 bits per heavy atom. The molecular weight excluding hydrogens is 488 g/mol. The van der Waals surface area contributed by atoms with Crippen molar-refractivity contribution in [3.8, 4) is 5.75 Å². The summed E-state index contributed by atoms with van der Waals surface area (Å²) in [5.41, 5.74) is 7.34. The number of methoxy groups -OCH3 is 1. The van der Waals surface area contributed by atoms with Gasteiger partial charge in [-0.05, 0) is 82.5 Å². The van der Waals surface area contributed by atoms with Crippen molar-refractivity contribution in [2.45, 2.75) is 65.6 Å². The average molecular weight is 527 g/mol. The van der Waals surface area contributed by atoms with E-state index in [9.17, 15) is 19.2 Å². The van der Waals surface area contributed by atoms with Crippen molar-refractivity contribution >= 4 is 29.5 Å². The first-order chi connectivity index (χ1) is 17.8. The van der Waals surface area contributed by atoms with Gasteiger partial charge in [-0.25, -0.2) is 4.79 Å². The molecule has 0 saturated carbocycles. The van der Waals surface area contributed by atoms with Crippen LogP contribution < -0.4 is 21.1 Å². The van der Waals surface area contributed by atoms with E-state index in [-0.39, 0.29) is 6.54 Å². The van der Waals surface area contributed by atoms with Gasteiger partial charge in [-0.15, -0.1) is 0 Å². The molecule has 0 aliphatic carbocycles. The number of anilines is 1. The number of carbonyl (C=O) groups excluding carboxylic acids is 4. The summed E-state index contributed by atoms with van der Waals surface area (Å²) in [6.07, 6.45) is -1.34. The van der Waals surface area contributed by atoms with Crippen molar-refractivity contribution in [2.75, 3.05) is 19.0 Å². The first-order valence-electron chi connectivity index (χ1n) is 12.4. The molecule has 0 saturated heterocycles. The molecule has 2 rings (SSSR count). The largest absolute Gasteiger partial charge is 0.497 e. The summed E-state index contributed by atoms with van der Waals surface area (Å²) in [5.74, 6) is -1.27. The Bertz CT molecular complexity index is 1140. The fourth-order valence-corrected chi connectivity index (χ4v) is 4.09. The molecule has 0 heterocycles. The quantitative estimate of drug-likeness (QED) is 0.432. The second-order valence-electron chi connectivity index (χ2n) is 9.92. The van der Waals surface area contributed by atoms with E-state index in [0.29, 0.717) is 17.0 Å². The molecule has 2 unspecified atom stereocenters. The second kappa shape index (κ2) is 12.9. The molecule has 0 aliphatic rings. The Balaban J connectivity index is 2.51. The van der Waals surface area contributed by atoms with Crippen LogP contribution in [0.3, 0.4) is 0 Å². The van der Waals surface area contributed by atoms with Crippen LogP contribution >= 0.6 is 0 Å². The van der Waals surface area contributed by atoms with E-state index in [1.54, 1.807) is 59.1 Å². The van der Waals surface area contributed by atoms with Crippen LogP contribution in [0.25, 0.3) is 0 Å². The van der Waals surface area contributed by atoms with Gasteiger partial charge in [0.05, 0.1) is 13.5 Å². The molecule has 0 bridgehead atoms. The molecule has 0 radical (unpaired) electrons. The molecule has 0 fully saturated rings. The summed E-state index contributed by atoms with van der Waals surface area (Å²) in [6.45, 7) is 10.6. The van der Waals surface area contributed by atoms with Crippen molar-refractivity contribution < 1.29 is 28.7 Å². The van der Waals surface area contributed by atoms with Crippen molar-refractivity contribution in [3.05, 3.63) is 59.2 Å². The van der Waals surface area contributed by atoms with Crippen molar-refractivity contribution in [2.24, 2.45) is 5.73 Å². The van der Waals surface area contributed by atoms with Gasteiger partial charge in [0.15, 0.2) is 0 Å². The highest BCUT2D eigenvalue weighted by molar-refractivity contribution is 6.00. The molecule has 4 N–H and O–H groups in total. The third-order valence-corrected chi connectivity index (χ3v) is 5.75. The zero-order chi connectivity index (χ0) is 28.6. The SMILES string of the molecule is CCN(C(=O)C(CC(N)=O)NC(=O)OC(C)(C)C)C(C(=O)Nc1ccc(OC)cc1)c1c(C)cccc1C. The molecule has 2 atom stereocenters. The number of aryl methyl sites for hydroxylation is 2. The Morgan fingerprint density at radius 3 is 2.05 bits per heavy atom. The van der Waals surface area contributed by atoms with Crippen molar-refractivity contribution in [1.29, 1.82) is 0 Å². The fourth-order valence-electron chi connectivity index (χ4n) is 4.09. The summed E-state index contributed by atoms with van der Waals surface area (Å²) in [5, 5.41) is 5.33. The molecule has 4 amide bonds. The van der Waals surface area contributed by atoms with Gasteiger partial charge >= 0.3 is 6.09 Å². The van der Waals surface area contributed by atoms with Crippen LogP contribution in [0.1, 0.15) is 56.8 Å².